The van der Waals surface area contributed by atoms with E-state index in [4.69, 9.17) is 0 Å². The number of nitrogens with zero attached hydrogens (tertiary/aromatic N) is 1. The molecule has 0 amide bonds. The van der Waals surface area contributed by atoms with Crippen molar-refractivity contribution < 1.29 is 13.3 Å². The number of rotatable bonds is 8. The first kappa shape index (κ1) is 17.4. The molecule has 0 aliphatic heterocycles. The fraction of sp³-hybridized carbons (Fsp3) is 0.538. The van der Waals surface area contributed by atoms with Crippen molar-refractivity contribution in [3.63, 3.8) is 0 Å². The number of nitrogens with one attached hydrogen (secondary N) is 2. The Kier molecular flexibility index (Phi) is 6.10. The predicted octanol–water partition coefficient (Wildman–Crippen LogP) is 2.35. The third-order valence-corrected chi connectivity index (χ3v) is 4.49. The highest BCUT2D eigenvalue weighted by molar-refractivity contribution is 7.89. The first-order valence-corrected chi connectivity index (χ1v) is 8.22. The fourth-order valence-electron chi connectivity index (χ4n) is 1.85. The zero-order valence-corrected chi connectivity index (χ0v) is 13.2. The first-order valence-electron chi connectivity index (χ1n) is 6.73. The van der Waals surface area contributed by atoms with Crippen LogP contribution in [0.2, 0.25) is 0 Å². The Bertz CT molecular complexity index is 599. The molecule has 0 saturated heterocycles. The van der Waals surface area contributed by atoms with Gasteiger partial charge in [-0.2, -0.15) is 0 Å². The zero-order chi connectivity index (χ0) is 16.0. The van der Waals surface area contributed by atoms with Gasteiger partial charge in [-0.25, -0.2) is 13.1 Å². The molecule has 1 aromatic carbocycles. The lowest BCUT2D eigenvalue weighted by molar-refractivity contribution is -0.385. The van der Waals surface area contributed by atoms with E-state index in [1.165, 1.54) is 12.1 Å². The van der Waals surface area contributed by atoms with E-state index in [0.29, 0.717) is 18.2 Å². The van der Waals surface area contributed by atoms with Crippen LogP contribution < -0.4 is 10.0 Å². The monoisotopic (exact) mass is 315 g/mol. The van der Waals surface area contributed by atoms with Crippen LogP contribution in [0.15, 0.2) is 23.1 Å². The second kappa shape index (κ2) is 7.37. The van der Waals surface area contributed by atoms with Crippen LogP contribution in [0.4, 0.5) is 11.4 Å². The maximum atomic E-state index is 12.3. The van der Waals surface area contributed by atoms with Crippen molar-refractivity contribution >= 4 is 21.4 Å². The molecule has 0 aliphatic carbocycles. The lowest BCUT2D eigenvalue weighted by Crippen LogP contribution is -2.26. The number of nitro groups is 1. The summed E-state index contributed by atoms with van der Waals surface area (Å²) in [5, 5.41) is 13.5. The fourth-order valence-corrected chi connectivity index (χ4v) is 3.15. The third-order valence-electron chi connectivity index (χ3n) is 2.99. The molecule has 0 spiro atoms. The van der Waals surface area contributed by atoms with Crippen LogP contribution in [0.5, 0.6) is 0 Å². The smallest absolute Gasteiger partial charge is 0.270 e. The molecule has 21 heavy (non-hydrogen) atoms. The number of benzene rings is 1. The van der Waals surface area contributed by atoms with Crippen molar-refractivity contribution in [3.05, 3.63) is 28.3 Å². The number of anilines is 1. The molecule has 0 radical (unpaired) electrons. The maximum Gasteiger partial charge on any atom is 0.270 e. The minimum atomic E-state index is -3.77. The largest absolute Gasteiger partial charge is 0.387 e. The van der Waals surface area contributed by atoms with Gasteiger partial charge in [-0.3, -0.25) is 10.1 Å². The molecule has 1 rings (SSSR count). The standard InChI is InChI=1S/C13H21N3O4S/c1-10(2)5-4-8-15-21(19,20)13-9-11(16(17)18)6-7-12(13)14-3/h6-7,9-10,14-15H,4-5,8H2,1-3H3. The van der Waals surface area contributed by atoms with Crippen molar-refractivity contribution in [2.45, 2.75) is 31.6 Å². The lowest BCUT2D eigenvalue weighted by atomic mass is 10.1. The second-order valence-corrected chi connectivity index (χ2v) is 6.86. The summed E-state index contributed by atoms with van der Waals surface area (Å²) in [7, 11) is -2.21. The van der Waals surface area contributed by atoms with Gasteiger partial charge in [0, 0.05) is 25.7 Å². The Morgan fingerprint density at radius 2 is 2.00 bits per heavy atom. The van der Waals surface area contributed by atoms with Crippen LogP contribution in [0.3, 0.4) is 0 Å². The summed E-state index contributed by atoms with van der Waals surface area (Å²) in [6.07, 6.45) is 1.64. The summed E-state index contributed by atoms with van der Waals surface area (Å²) in [6.45, 7) is 4.44. The van der Waals surface area contributed by atoms with Gasteiger partial charge in [0.15, 0.2) is 0 Å². The quantitative estimate of drug-likeness (QED) is 0.435. The summed E-state index contributed by atoms with van der Waals surface area (Å²) < 4.78 is 27.0. The van der Waals surface area contributed by atoms with E-state index in [0.717, 1.165) is 18.9 Å². The minimum Gasteiger partial charge on any atom is -0.387 e. The molecule has 0 atom stereocenters. The van der Waals surface area contributed by atoms with Crippen molar-refractivity contribution in [2.75, 3.05) is 18.9 Å². The van der Waals surface area contributed by atoms with E-state index in [2.05, 4.69) is 23.9 Å². The number of nitro benzene ring substituents is 1. The van der Waals surface area contributed by atoms with Gasteiger partial charge < -0.3 is 5.32 Å². The van der Waals surface area contributed by atoms with Gasteiger partial charge in [0.05, 0.1) is 10.6 Å². The highest BCUT2D eigenvalue weighted by Gasteiger charge is 2.21. The summed E-state index contributed by atoms with van der Waals surface area (Å²) in [5.41, 5.74) is 0.0773. The van der Waals surface area contributed by atoms with E-state index in [1.807, 2.05) is 0 Å². The molecule has 8 heteroatoms. The Labute approximate surface area is 124 Å². The van der Waals surface area contributed by atoms with Crippen LogP contribution >= 0.6 is 0 Å². The second-order valence-electron chi connectivity index (χ2n) is 5.12. The van der Waals surface area contributed by atoms with Crippen LogP contribution in [0.25, 0.3) is 0 Å². The highest BCUT2D eigenvalue weighted by atomic mass is 32.2. The van der Waals surface area contributed by atoms with Gasteiger partial charge in [-0.15, -0.1) is 0 Å². The summed E-state index contributed by atoms with van der Waals surface area (Å²) in [5.74, 6) is 0.500. The van der Waals surface area contributed by atoms with E-state index >= 15 is 0 Å². The molecule has 118 valence electrons. The number of hydrogen-bond donors (Lipinski definition) is 2. The van der Waals surface area contributed by atoms with Crippen molar-refractivity contribution in [1.29, 1.82) is 0 Å². The Morgan fingerprint density at radius 3 is 2.52 bits per heavy atom. The van der Waals surface area contributed by atoms with E-state index in [1.54, 1.807) is 7.05 Å². The Balaban J connectivity index is 2.95. The molecule has 0 aliphatic rings. The maximum absolute atomic E-state index is 12.3. The van der Waals surface area contributed by atoms with Crippen LogP contribution in [-0.2, 0) is 10.0 Å². The predicted molar refractivity (Wildman–Crippen MR) is 81.9 cm³/mol. The Hall–Kier alpha value is -1.67. The molecule has 0 bridgehead atoms. The molecule has 0 fully saturated rings. The molecular formula is C13H21N3O4S. The average Bonchev–Trinajstić information content (AvgIpc) is 2.42. The van der Waals surface area contributed by atoms with E-state index in [9.17, 15) is 18.5 Å². The highest BCUT2D eigenvalue weighted by Crippen LogP contribution is 2.25. The van der Waals surface area contributed by atoms with Gasteiger partial charge >= 0.3 is 0 Å². The topological polar surface area (TPSA) is 101 Å². The molecule has 1 aromatic rings. The summed E-state index contributed by atoms with van der Waals surface area (Å²) >= 11 is 0. The minimum absolute atomic E-state index is 0.108. The number of hydrogen-bond acceptors (Lipinski definition) is 5. The zero-order valence-electron chi connectivity index (χ0n) is 12.4. The van der Waals surface area contributed by atoms with E-state index < -0.39 is 14.9 Å². The Morgan fingerprint density at radius 1 is 1.33 bits per heavy atom. The molecule has 0 saturated carbocycles. The van der Waals surface area contributed by atoms with Gasteiger partial charge in [0.2, 0.25) is 10.0 Å². The number of sulfonamides is 1. The van der Waals surface area contributed by atoms with Gasteiger partial charge in [-0.1, -0.05) is 13.8 Å². The van der Waals surface area contributed by atoms with Crippen molar-refractivity contribution in [2.24, 2.45) is 5.92 Å². The average molecular weight is 315 g/mol. The van der Waals surface area contributed by atoms with Crippen LogP contribution in [0.1, 0.15) is 26.7 Å². The van der Waals surface area contributed by atoms with Gasteiger partial charge in [0.25, 0.3) is 5.69 Å². The SMILES string of the molecule is CNc1ccc([N+](=O)[O-])cc1S(=O)(=O)NCCCC(C)C. The van der Waals surface area contributed by atoms with Gasteiger partial charge in [-0.05, 0) is 24.8 Å². The summed E-state index contributed by atoms with van der Waals surface area (Å²) in [4.78, 5) is 10.1. The van der Waals surface area contributed by atoms with Crippen LogP contribution in [-0.4, -0.2) is 26.9 Å². The molecule has 2 N–H and O–H groups in total. The molecule has 0 aromatic heterocycles. The molecule has 7 nitrogen and oxygen atoms in total. The molecule has 0 unspecified atom stereocenters. The van der Waals surface area contributed by atoms with E-state index in [-0.39, 0.29) is 10.6 Å². The summed E-state index contributed by atoms with van der Waals surface area (Å²) in [6, 6.07) is 3.72. The van der Waals surface area contributed by atoms with Crippen molar-refractivity contribution in [1.82, 2.24) is 4.72 Å². The number of non-ortho nitro benzene ring substituents is 1. The van der Waals surface area contributed by atoms with Crippen molar-refractivity contribution in [3.8, 4) is 0 Å². The molecular weight excluding hydrogens is 294 g/mol. The van der Waals surface area contributed by atoms with Crippen LogP contribution in [0, 0.1) is 16.0 Å². The first-order chi connectivity index (χ1) is 9.77. The van der Waals surface area contributed by atoms with Gasteiger partial charge in [0.1, 0.15) is 4.90 Å². The third kappa shape index (κ3) is 4.98. The lowest BCUT2D eigenvalue weighted by Gasteiger charge is -2.11. The molecule has 0 heterocycles. The normalized spacial score (nSPS) is 11.6.